The smallest absolute Gasteiger partial charge is 0.0562 e. The summed E-state index contributed by atoms with van der Waals surface area (Å²) >= 11 is 0. The fourth-order valence-corrected chi connectivity index (χ4v) is 8.20. The Morgan fingerprint density at radius 3 is 1.69 bits per heavy atom. The monoisotopic (exact) mass is 688 g/mol. The van der Waals surface area contributed by atoms with Crippen molar-refractivity contribution < 1.29 is 0 Å². The minimum atomic E-state index is 1.10. The van der Waals surface area contributed by atoms with Gasteiger partial charge >= 0.3 is 0 Å². The zero-order valence-electron chi connectivity index (χ0n) is 29.7. The molecular weight excluding hydrogens is 653 g/mol. The molecule has 54 heavy (non-hydrogen) atoms. The molecule has 0 radical (unpaired) electrons. The highest BCUT2D eigenvalue weighted by Gasteiger charge is 2.26. The van der Waals surface area contributed by atoms with Crippen LogP contribution in [-0.2, 0) is 0 Å². The van der Waals surface area contributed by atoms with E-state index in [0.29, 0.717) is 0 Å². The molecule has 10 aromatic rings. The van der Waals surface area contributed by atoms with Crippen molar-refractivity contribution in [2.24, 2.45) is 0 Å². The predicted molar refractivity (Wildman–Crippen MR) is 229 cm³/mol. The van der Waals surface area contributed by atoms with Crippen LogP contribution >= 0.6 is 0 Å². The molecule has 10 rings (SSSR count). The lowest BCUT2D eigenvalue weighted by Crippen LogP contribution is -2.12. The third-order valence-corrected chi connectivity index (χ3v) is 10.6. The zero-order valence-corrected chi connectivity index (χ0v) is 29.7. The summed E-state index contributed by atoms with van der Waals surface area (Å²) in [6, 6.07) is 79.0. The third kappa shape index (κ3) is 5.36. The van der Waals surface area contributed by atoms with E-state index >= 15 is 0 Å². The van der Waals surface area contributed by atoms with E-state index in [2.05, 4.69) is 228 Å². The molecule has 0 aliphatic carbocycles. The maximum Gasteiger partial charge on any atom is 0.0562 e. The van der Waals surface area contributed by atoms with Crippen LogP contribution in [0.25, 0.3) is 71.6 Å². The molecule has 0 aliphatic heterocycles. The average molecular weight is 689 g/mol. The van der Waals surface area contributed by atoms with Gasteiger partial charge in [0, 0.05) is 27.7 Å². The molecule has 2 heteroatoms. The molecule has 0 N–H and O–H groups in total. The molecule has 1 heterocycles. The first-order valence-electron chi connectivity index (χ1n) is 18.5. The number of benzene rings is 9. The number of anilines is 3. The summed E-state index contributed by atoms with van der Waals surface area (Å²) < 4.78 is 2.40. The van der Waals surface area contributed by atoms with Crippen LogP contribution in [0.1, 0.15) is 0 Å². The minimum absolute atomic E-state index is 1.10. The van der Waals surface area contributed by atoms with Gasteiger partial charge in [-0.2, -0.15) is 0 Å². The summed E-state index contributed by atoms with van der Waals surface area (Å²) in [6.45, 7) is 0. The van der Waals surface area contributed by atoms with Crippen LogP contribution in [-0.4, -0.2) is 4.57 Å². The van der Waals surface area contributed by atoms with Crippen molar-refractivity contribution in [1.29, 1.82) is 0 Å². The Hall–Kier alpha value is -7.16. The third-order valence-electron chi connectivity index (χ3n) is 10.6. The van der Waals surface area contributed by atoms with E-state index in [1.54, 1.807) is 0 Å². The van der Waals surface area contributed by atoms with Crippen molar-refractivity contribution in [3.63, 3.8) is 0 Å². The van der Waals surface area contributed by atoms with E-state index in [0.717, 1.165) is 28.3 Å². The molecule has 0 bridgehead atoms. The van der Waals surface area contributed by atoms with Crippen LogP contribution in [0.2, 0.25) is 0 Å². The number of aromatic nitrogens is 1. The van der Waals surface area contributed by atoms with E-state index in [9.17, 15) is 0 Å². The van der Waals surface area contributed by atoms with E-state index in [4.69, 9.17) is 0 Å². The molecule has 1 aromatic heterocycles. The Morgan fingerprint density at radius 2 is 0.907 bits per heavy atom. The second-order valence-electron chi connectivity index (χ2n) is 13.7. The Bertz CT molecular complexity index is 2930. The zero-order chi connectivity index (χ0) is 35.8. The quantitative estimate of drug-likeness (QED) is 0.162. The number of para-hydroxylation sites is 2. The Balaban J connectivity index is 1.34. The van der Waals surface area contributed by atoms with Crippen LogP contribution in [0.5, 0.6) is 0 Å². The van der Waals surface area contributed by atoms with Crippen LogP contribution in [0.15, 0.2) is 218 Å². The highest BCUT2D eigenvalue weighted by Crippen LogP contribution is 2.50. The molecule has 2 nitrogen and oxygen atoms in total. The van der Waals surface area contributed by atoms with Crippen LogP contribution in [0.3, 0.4) is 0 Å². The van der Waals surface area contributed by atoms with Crippen molar-refractivity contribution in [3.05, 3.63) is 218 Å². The molecule has 0 spiro atoms. The van der Waals surface area contributed by atoms with Gasteiger partial charge in [-0.3, -0.25) is 0 Å². The average Bonchev–Trinajstić information content (AvgIpc) is 3.60. The minimum Gasteiger partial charge on any atom is -0.309 e. The van der Waals surface area contributed by atoms with Crippen LogP contribution < -0.4 is 4.90 Å². The highest BCUT2D eigenvalue weighted by atomic mass is 15.2. The van der Waals surface area contributed by atoms with Crippen LogP contribution in [0.4, 0.5) is 17.1 Å². The van der Waals surface area contributed by atoms with Gasteiger partial charge in [-0.05, 0) is 87.1 Å². The maximum atomic E-state index is 2.50. The van der Waals surface area contributed by atoms with Gasteiger partial charge < -0.3 is 9.47 Å². The largest absolute Gasteiger partial charge is 0.309 e. The molecule has 9 aromatic carbocycles. The Kier molecular flexibility index (Phi) is 7.85. The molecule has 0 amide bonds. The lowest BCUT2D eigenvalue weighted by molar-refractivity contribution is 1.18. The molecule has 0 unspecified atom stereocenters. The summed E-state index contributed by atoms with van der Waals surface area (Å²) in [7, 11) is 0. The normalized spacial score (nSPS) is 11.3. The van der Waals surface area contributed by atoms with E-state index in [-0.39, 0.29) is 0 Å². The predicted octanol–water partition coefficient (Wildman–Crippen LogP) is 14.4. The van der Waals surface area contributed by atoms with Gasteiger partial charge in [0.05, 0.1) is 22.4 Å². The Morgan fingerprint density at radius 1 is 0.352 bits per heavy atom. The van der Waals surface area contributed by atoms with Crippen LogP contribution in [0, 0.1) is 0 Å². The first-order chi connectivity index (χ1) is 26.8. The lowest BCUT2D eigenvalue weighted by atomic mass is 9.87. The van der Waals surface area contributed by atoms with Crippen molar-refractivity contribution in [1.82, 2.24) is 4.57 Å². The fourth-order valence-electron chi connectivity index (χ4n) is 8.20. The van der Waals surface area contributed by atoms with Gasteiger partial charge in [0.2, 0.25) is 0 Å². The Labute approximate surface area is 315 Å². The van der Waals surface area contributed by atoms with E-state index in [1.807, 2.05) is 0 Å². The molecule has 0 aliphatic rings. The lowest BCUT2D eigenvalue weighted by Gasteiger charge is -2.31. The maximum absolute atomic E-state index is 2.50. The van der Waals surface area contributed by atoms with Gasteiger partial charge in [-0.1, -0.05) is 170 Å². The molecular formula is C52H36N2. The molecule has 0 saturated heterocycles. The molecule has 0 saturated carbocycles. The molecule has 0 atom stereocenters. The summed E-state index contributed by atoms with van der Waals surface area (Å²) in [5, 5.41) is 4.83. The highest BCUT2D eigenvalue weighted by molar-refractivity contribution is 6.17. The molecule has 0 fully saturated rings. The van der Waals surface area contributed by atoms with Crippen molar-refractivity contribution in [2.45, 2.75) is 0 Å². The van der Waals surface area contributed by atoms with E-state index in [1.165, 1.54) is 60.4 Å². The first-order valence-corrected chi connectivity index (χ1v) is 18.5. The van der Waals surface area contributed by atoms with Gasteiger partial charge in [-0.25, -0.2) is 0 Å². The summed E-state index contributed by atoms with van der Waals surface area (Å²) in [5.41, 5.74) is 13.9. The number of rotatable bonds is 7. The number of hydrogen-bond acceptors (Lipinski definition) is 1. The first kappa shape index (κ1) is 31.6. The summed E-state index contributed by atoms with van der Waals surface area (Å²) in [4.78, 5) is 2.50. The van der Waals surface area contributed by atoms with Gasteiger partial charge in [0.15, 0.2) is 0 Å². The topological polar surface area (TPSA) is 8.17 Å². The number of hydrogen-bond donors (Lipinski definition) is 0. The van der Waals surface area contributed by atoms with Crippen molar-refractivity contribution in [2.75, 3.05) is 4.90 Å². The van der Waals surface area contributed by atoms with Crippen molar-refractivity contribution >= 4 is 49.6 Å². The van der Waals surface area contributed by atoms with Gasteiger partial charge in [-0.15, -0.1) is 0 Å². The molecule has 254 valence electrons. The standard InChI is InChI=1S/C52H36N2/c1-4-19-38(20-5-1)43-26-12-13-27-45(43)51-44(39-21-6-2-7-22-39)29-16-31-48(51)54(42-35-34-37-18-10-11-23-40(37)36-42)50-33-17-32-49-52(50)46-28-14-15-30-47(46)53(49)41-24-8-3-9-25-41/h1-36H. The fraction of sp³-hybridized carbons (Fsp3) is 0. The second-order valence-corrected chi connectivity index (χ2v) is 13.7. The summed E-state index contributed by atoms with van der Waals surface area (Å²) in [5.74, 6) is 0. The summed E-state index contributed by atoms with van der Waals surface area (Å²) in [6.07, 6.45) is 0. The van der Waals surface area contributed by atoms with E-state index < -0.39 is 0 Å². The number of fused-ring (bicyclic) bond motifs is 4. The SMILES string of the molecule is c1ccc(-c2ccccc2-c2c(-c3ccccc3)cccc2N(c2ccc3ccccc3c2)c2cccc3c2c2ccccc2n3-c2ccccc2)cc1. The van der Waals surface area contributed by atoms with Crippen molar-refractivity contribution in [3.8, 4) is 39.1 Å². The second kappa shape index (κ2) is 13.4. The number of nitrogens with zero attached hydrogens (tertiary/aromatic N) is 2. The van der Waals surface area contributed by atoms with Gasteiger partial charge in [0.1, 0.15) is 0 Å². The van der Waals surface area contributed by atoms with Gasteiger partial charge in [0.25, 0.3) is 0 Å².